The van der Waals surface area contributed by atoms with Gasteiger partial charge in [0.25, 0.3) is 5.91 Å². The summed E-state index contributed by atoms with van der Waals surface area (Å²) in [5.74, 6) is -1.05. The van der Waals surface area contributed by atoms with E-state index in [0.717, 1.165) is 11.3 Å². The molecule has 9 heteroatoms. The molecular weight excluding hydrogens is 418 g/mol. The topological polar surface area (TPSA) is 102 Å². The molecule has 158 valence electrons. The number of carbonyl (C=O) groups is 2. The third kappa shape index (κ3) is 3.71. The molecule has 0 aliphatic carbocycles. The average Bonchev–Trinajstić information content (AvgIpc) is 3.33. The van der Waals surface area contributed by atoms with Crippen LogP contribution >= 0.6 is 11.3 Å². The number of anilines is 1. The van der Waals surface area contributed by atoms with E-state index in [1.165, 1.54) is 37.7 Å². The van der Waals surface area contributed by atoms with Gasteiger partial charge in [0.15, 0.2) is 16.5 Å². The lowest BCUT2D eigenvalue weighted by Gasteiger charge is -2.13. The van der Waals surface area contributed by atoms with Crippen LogP contribution in [0.4, 0.5) is 5.69 Å². The number of hydrogen-bond acceptors (Lipinski definition) is 6. The number of carboxylic acid groups (broad SMARTS) is 1. The third-order valence-corrected chi connectivity index (χ3v) is 5.99. The molecule has 0 saturated heterocycles. The van der Waals surface area contributed by atoms with Gasteiger partial charge in [0, 0.05) is 29.6 Å². The Morgan fingerprint density at radius 1 is 1.10 bits per heavy atom. The summed E-state index contributed by atoms with van der Waals surface area (Å²) in [4.78, 5) is 30.4. The zero-order chi connectivity index (χ0) is 22.1. The minimum Gasteiger partial charge on any atom is -0.493 e. The maximum absolute atomic E-state index is 13.0. The van der Waals surface area contributed by atoms with E-state index in [4.69, 9.17) is 9.47 Å². The first-order valence-corrected chi connectivity index (χ1v) is 10.1. The van der Waals surface area contributed by atoms with Crippen molar-refractivity contribution in [1.29, 1.82) is 0 Å². The summed E-state index contributed by atoms with van der Waals surface area (Å²) >= 11 is 1.24. The Morgan fingerprint density at radius 3 is 2.39 bits per heavy atom. The molecule has 4 rings (SSSR count). The lowest BCUT2D eigenvalue weighted by molar-refractivity contribution is 0.0697. The van der Waals surface area contributed by atoms with Crippen LogP contribution in [0.15, 0.2) is 48.7 Å². The zero-order valence-electron chi connectivity index (χ0n) is 17.0. The SMILES string of the molecule is COc1cc(NC(=O)c2sc3nc(-c4ccccc4)cn3c2C)c(C(=O)O)cc1OC. The fourth-order valence-electron chi connectivity index (χ4n) is 3.25. The number of aromatic carboxylic acids is 1. The standard InChI is InChI=1S/C22H19N3O5S/c1-12-19(31-22-24-16(11-25(12)22)13-7-5-4-6-8-13)20(26)23-15-10-18(30-3)17(29-2)9-14(15)21(27)28/h4-11H,1-3H3,(H,23,26)(H,27,28). The highest BCUT2D eigenvalue weighted by atomic mass is 32.1. The highest BCUT2D eigenvalue weighted by Crippen LogP contribution is 2.34. The fourth-order valence-corrected chi connectivity index (χ4v) is 4.25. The summed E-state index contributed by atoms with van der Waals surface area (Å²) in [7, 11) is 2.85. The van der Waals surface area contributed by atoms with Gasteiger partial charge in [-0.15, -0.1) is 0 Å². The highest BCUT2D eigenvalue weighted by molar-refractivity contribution is 7.19. The second-order valence-electron chi connectivity index (χ2n) is 6.67. The molecular formula is C22H19N3O5S. The molecule has 4 aromatic rings. The van der Waals surface area contributed by atoms with Crippen molar-refractivity contribution in [3.8, 4) is 22.8 Å². The quantitative estimate of drug-likeness (QED) is 0.465. The Hall–Kier alpha value is -3.85. The molecule has 1 amide bonds. The van der Waals surface area contributed by atoms with Gasteiger partial charge in [-0.2, -0.15) is 0 Å². The van der Waals surface area contributed by atoms with E-state index in [-0.39, 0.29) is 17.0 Å². The first-order chi connectivity index (χ1) is 14.9. The predicted octanol–water partition coefficient (Wildman–Crippen LogP) is 4.34. The molecule has 0 bridgehead atoms. The molecule has 0 aliphatic heterocycles. The first kappa shape index (κ1) is 20.4. The Morgan fingerprint density at radius 2 is 1.77 bits per heavy atom. The molecule has 0 aliphatic rings. The normalized spacial score (nSPS) is 10.8. The molecule has 2 heterocycles. The van der Waals surface area contributed by atoms with Gasteiger partial charge in [-0.3, -0.25) is 9.20 Å². The number of fused-ring (bicyclic) bond motifs is 1. The molecule has 0 fully saturated rings. The van der Waals surface area contributed by atoms with Crippen LogP contribution in [0.1, 0.15) is 25.7 Å². The number of benzene rings is 2. The van der Waals surface area contributed by atoms with Crippen molar-refractivity contribution in [2.45, 2.75) is 6.92 Å². The predicted molar refractivity (Wildman–Crippen MR) is 118 cm³/mol. The molecule has 2 aromatic carbocycles. The summed E-state index contributed by atoms with van der Waals surface area (Å²) < 4.78 is 12.2. The van der Waals surface area contributed by atoms with Crippen LogP contribution in [0.3, 0.4) is 0 Å². The summed E-state index contributed by atoms with van der Waals surface area (Å²) in [6.07, 6.45) is 1.88. The van der Waals surface area contributed by atoms with Crippen LogP contribution in [-0.2, 0) is 0 Å². The number of carbonyl (C=O) groups excluding carboxylic acids is 1. The van der Waals surface area contributed by atoms with E-state index in [0.29, 0.717) is 21.3 Å². The van der Waals surface area contributed by atoms with Gasteiger partial charge >= 0.3 is 5.97 Å². The molecule has 31 heavy (non-hydrogen) atoms. The number of imidazole rings is 1. The largest absolute Gasteiger partial charge is 0.493 e. The number of nitrogens with zero attached hydrogens (tertiary/aromatic N) is 2. The van der Waals surface area contributed by atoms with E-state index in [1.54, 1.807) is 0 Å². The molecule has 0 spiro atoms. The number of carboxylic acids is 1. The number of rotatable bonds is 6. The number of nitrogens with one attached hydrogen (secondary N) is 1. The van der Waals surface area contributed by atoms with Gasteiger partial charge in [-0.25, -0.2) is 9.78 Å². The molecule has 0 atom stereocenters. The van der Waals surface area contributed by atoms with Crippen molar-refractivity contribution in [3.63, 3.8) is 0 Å². The van der Waals surface area contributed by atoms with Crippen molar-refractivity contribution in [1.82, 2.24) is 9.38 Å². The Labute approximate surface area is 181 Å². The highest BCUT2D eigenvalue weighted by Gasteiger charge is 2.22. The van der Waals surface area contributed by atoms with Crippen molar-refractivity contribution in [3.05, 3.63) is 64.8 Å². The smallest absolute Gasteiger partial charge is 0.337 e. The zero-order valence-corrected chi connectivity index (χ0v) is 17.8. The molecule has 2 N–H and O–H groups in total. The van der Waals surface area contributed by atoms with Crippen molar-refractivity contribution < 1.29 is 24.2 Å². The molecule has 2 aromatic heterocycles. The number of methoxy groups -OCH3 is 2. The van der Waals surface area contributed by atoms with Gasteiger partial charge < -0.3 is 19.9 Å². The van der Waals surface area contributed by atoms with Crippen molar-refractivity contribution in [2.75, 3.05) is 19.5 Å². The van der Waals surface area contributed by atoms with Gasteiger partial charge in [0.2, 0.25) is 0 Å². The number of hydrogen-bond donors (Lipinski definition) is 2. The van der Waals surface area contributed by atoms with Gasteiger partial charge in [-0.1, -0.05) is 41.7 Å². The number of aromatic nitrogens is 2. The maximum Gasteiger partial charge on any atom is 0.337 e. The number of thiazole rings is 1. The summed E-state index contributed by atoms with van der Waals surface area (Å²) in [6, 6.07) is 12.5. The second-order valence-corrected chi connectivity index (χ2v) is 7.65. The van der Waals surface area contributed by atoms with E-state index >= 15 is 0 Å². The molecule has 0 unspecified atom stereocenters. The molecule has 0 saturated carbocycles. The van der Waals surface area contributed by atoms with Gasteiger partial charge in [-0.05, 0) is 6.92 Å². The van der Waals surface area contributed by atoms with E-state index in [9.17, 15) is 14.7 Å². The lowest BCUT2D eigenvalue weighted by atomic mass is 10.1. The lowest BCUT2D eigenvalue weighted by Crippen LogP contribution is -2.15. The molecule has 0 radical (unpaired) electrons. The van der Waals surface area contributed by atoms with Crippen LogP contribution in [0.25, 0.3) is 16.2 Å². The van der Waals surface area contributed by atoms with Crippen LogP contribution in [0.5, 0.6) is 11.5 Å². The Kier molecular flexibility index (Phi) is 5.35. The van der Waals surface area contributed by atoms with Crippen LogP contribution in [0, 0.1) is 6.92 Å². The minimum absolute atomic E-state index is 0.101. The maximum atomic E-state index is 13.0. The fraction of sp³-hybridized carbons (Fsp3) is 0.136. The summed E-state index contributed by atoms with van der Waals surface area (Å²) in [5, 5.41) is 12.2. The van der Waals surface area contributed by atoms with Crippen molar-refractivity contribution >= 4 is 33.9 Å². The number of amides is 1. The van der Waals surface area contributed by atoms with Crippen LogP contribution in [-0.4, -0.2) is 40.6 Å². The second kappa shape index (κ2) is 8.11. The minimum atomic E-state index is -1.19. The molecule has 8 nitrogen and oxygen atoms in total. The average molecular weight is 437 g/mol. The van der Waals surface area contributed by atoms with E-state index in [2.05, 4.69) is 10.3 Å². The van der Waals surface area contributed by atoms with Crippen LogP contribution in [0.2, 0.25) is 0 Å². The Bertz CT molecular complexity index is 1290. The first-order valence-electron chi connectivity index (χ1n) is 9.27. The Balaban J connectivity index is 1.68. The third-order valence-electron chi connectivity index (χ3n) is 4.83. The number of ether oxygens (including phenoxy) is 2. The summed E-state index contributed by atoms with van der Waals surface area (Å²) in [6.45, 7) is 1.82. The number of aryl methyl sites for hydroxylation is 1. The monoisotopic (exact) mass is 437 g/mol. The summed E-state index contributed by atoms with van der Waals surface area (Å²) in [5.41, 5.74) is 2.53. The van der Waals surface area contributed by atoms with Crippen LogP contribution < -0.4 is 14.8 Å². The van der Waals surface area contributed by atoms with E-state index in [1.807, 2.05) is 47.9 Å². The van der Waals surface area contributed by atoms with Gasteiger partial charge in [0.05, 0.1) is 31.2 Å². The van der Waals surface area contributed by atoms with E-state index < -0.39 is 11.9 Å². The van der Waals surface area contributed by atoms with Crippen molar-refractivity contribution in [2.24, 2.45) is 0 Å². The van der Waals surface area contributed by atoms with Gasteiger partial charge in [0.1, 0.15) is 4.88 Å².